The number of aliphatic hydroxyl groups excluding tert-OH is 1. The average molecular weight is 1870 g/mol. The Balaban J connectivity index is 0.586. The number of morpholine rings is 1. The summed E-state index contributed by atoms with van der Waals surface area (Å²) in [5, 5.41) is 48.7. The molecule has 0 aliphatic carbocycles. The van der Waals surface area contributed by atoms with Gasteiger partial charge >= 0.3 is 18.0 Å². The van der Waals surface area contributed by atoms with Crippen LogP contribution in [0.25, 0.3) is 32.3 Å². The first-order valence-electron chi connectivity index (χ1n) is 46.2. The first kappa shape index (κ1) is 90.7. The van der Waals surface area contributed by atoms with Crippen LogP contribution >= 0.6 is 34.8 Å². The molecule has 10 aliphatic rings. The SMILES string of the molecule is C=C(F)C(=O)N1CCN(c2nc(OCC3CCN3C(C)C)nc3c2CCN(c2cc(C4CCC5(COc6nc7c(c(N8CCN(C(=O)C(=C)F)[C@@H](CC#N)C8)n6)CCN(c6cc(CN8CCOC(COc9nc%10c(c(N%11CCN(C(O)C(=C)F)[C@@H](CC#N)C%11)n9)CCN(c9cccc%11cccc(Cl)c9%11)C%10)C8)cc8cccc(Cl)c68)C7)CCCN45)cc4cccc(Cl)c24)C3)C[C@@H]1CC#N. The van der Waals surface area contributed by atoms with Crippen molar-refractivity contribution < 1.29 is 46.8 Å². The van der Waals surface area contributed by atoms with Crippen molar-refractivity contribution in [2.45, 2.75) is 165 Å². The molecule has 3 aromatic heterocycles. The molecule has 0 spiro atoms. The van der Waals surface area contributed by atoms with Gasteiger partial charge in [0.1, 0.15) is 49.2 Å². The first-order chi connectivity index (χ1) is 64.5. The highest BCUT2D eigenvalue weighted by Gasteiger charge is 2.51. The Bertz CT molecular complexity index is 6190. The zero-order valence-electron chi connectivity index (χ0n) is 74.8. The molecule has 13 heterocycles. The lowest BCUT2D eigenvalue weighted by molar-refractivity contribution is -0.132. The van der Waals surface area contributed by atoms with Gasteiger partial charge in [-0.2, -0.15) is 45.7 Å². The smallest absolute Gasteiger partial charge is 0.318 e. The zero-order valence-corrected chi connectivity index (χ0v) is 77.1. The molecule has 7 saturated heterocycles. The molecule has 8 atom stereocenters. The Labute approximate surface area is 786 Å². The Morgan fingerprint density at radius 1 is 0.526 bits per heavy atom. The molecule has 5 unspecified atom stereocenters. The molecule has 34 heteroatoms. The Kier molecular flexibility index (Phi) is 26.3. The number of ether oxygens (including phenoxy) is 4. The topological polar surface area (TPSA) is 279 Å². The summed E-state index contributed by atoms with van der Waals surface area (Å²) in [6.45, 7) is 24.4. The van der Waals surface area contributed by atoms with Gasteiger partial charge in [0, 0.05) is 179 Å². The largest absolute Gasteiger partial charge is 0.462 e. The minimum Gasteiger partial charge on any atom is -0.462 e. The third-order valence-corrected chi connectivity index (χ3v) is 29.8. The molecule has 19 rings (SSSR count). The number of piperazine rings is 3. The number of hydrogen-bond donors (Lipinski definition) is 1. The minimum absolute atomic E-state index is 0.00106. The summed E-state index contributed by atoms with van der Waals surface area (Å²) in [6, 6.07) is 39.2. The zero-order chi connectivity index (χ0) is 92.2. The van der Waals surface area contributed by atoms with E-state index in [2.05, 4.69) is 150 Å². The number of nitrogens with zero attached hydrogens (tertiary/aromatic N) is 21. The molecule has 133 heavy (non-hydrogen) atoms. The van der Waals surface area contributed by atoms with Gasteiger partial charge in [-0.15, -0.1) is 0 Å². The summed E-state index contributed by atoms with van der Waals surface area (Å²) < 4.78 is 70.8. The maximum absolute atomic E-state index is 14.8. The van der Waals surface area contributed by atoms with E-state index in [-0.39, 0.29) is 101 Å². The number of amides is 2. The van der Waals surface area contributed by atoms with Gasteiger partial charge in [-0.1, -0.05) is 103 Å². The molecule has 2 amide bonds. The number of benzene rings is 6. The number of carbonyl (C=O) groups is 2. The molecular formula is C99H107Cl3F3N21O7. The van der Waals surface area contributed by atoms with Crippen LogP contribution in [0.4, 0.5) is 47.7 Å². The Morgan fingerprint density at radius 2 is 1.02 bits per heavy atom. The van der Waals surface area contributed by atoms with Gasteiger partial charge in [0.15, 0.2) is 17.9 Å². The summed E-state index contributed by atoms with van der Waals surface area (Å²) in [5.41, 5.74) is 9.80. The lowest BCUT2D eigenvalue weighted by atomic mass is 9.94. The maximum Gasteiger partial charge on any atom is 0.318 e. The van der Waals surface area contributed by atoms with Crippen molar-refractivity contribution in [3.8, 4) is 36.2 Å². The van der Waals surface area contributed by atoms with E-state index < -0.39 is 59.2 Å². The number of rotatable bonds is 26. The van der Waals surface area contributed by atoms with Crippen molar-refractivity contribution in [3.05, 3.63) is 194 Å². The number of nitriles is 3. The van der Waals surface area contributed by atoms with E-state index in [0.29, 0.717) is 156 Å². The number of anilines is 6. The molecule has 7 fully saturated rings. The van der Waals surface area contributed by atoms with Gasteiger partial charge in [-0.05, 0) is 148 Å². The minimum atomic E-state index is -1.55. The van der Waals surface area contributed by atoms with E-state index in [9.17, 15) is 43.7 Å². The van der Waals surface area contributed by atoms with Crippen LogP contribution in [-0.4, -0.2) is 255 Å². The summed E-state index contributed by atoms with van der Waals surface area (Å²) in [6.07, 6.45) is 4.18. The van der Waals surface area contributed by atoms with Crippen LogP contribution in [0.1, 0.15) is 116 Å². The quantitative estimate of drug-likeness (QED) is 0.0493. The standard InChI is InChI=1S/C99H107Cl3F3N21O7/c1-60(2)122-36-23-72(122)57-131-96-109-81-56-118(35-26-75(81)90(112-96)119-37-40-123(93(127)61(3)103)69(50-119)20-29-106)86-48-68(47-67-14-8-17-79(102)89(67)86)83-19-28-99(27-10-32-126(83)99)59-133-98-111-82-55-117(34-25-76(82)92(114-98)121-39-42-125(95(129)63(5)105)71(52-121)22-31-108)85-46-64(45-66-13-7-16-78(101)88(66)85)49-115-43-44-130-73(53-115)58-132-97-110-80-54-116(84-18-9-12-65-11-6-15-77(100)87(65)84)33-24-74(80)91(113-97)120-38-41-124(94(128)62(4)104)70(51-120)21-30-107/h6-9,11-18,45-48,60,69-73,83,94,128H,3-5,10,19-28,32-44,49-59H2,1-2H3/t69-,70-,71-,72?,73?,83?,94?,99?/m0/s1. The van der Waals surface area contributed by atoms with Crippen molar-refractivity contribution in [1.29, 1.82) is 15.8 Å². The number of hydrogen-bond acceptors (Lipinski definition) is 26. The van der Waals surface area contributed by atoms with E-state index in [1.54, 1.807) is 4.90 Å². The molecule has 10 aliphatic heterocycles. The van der Waals surface area contributed by atoms with Crippen molar-refractivity contribution in [2.24, 2.45) is 0 Å². The van der Waals surface area contributed by atoms with Crippen LogP contribution < -0.4 is 43.6 Å². The van der Waals surface area contributed by atoms with E-state index in [1.807, 2.05) is 42.5 Å². The molecule has 0 radical (unpaired) electrons. The van der Waals surface area contributed by atoms with E-state index in [4.69, 9.17) is 83.7 Å². The van der Waals surface area contributed by atoms with Gasteiger partial charge in [0.05, 0.1) is 113 Å². The average Bonchev–Trinajstić information content (AvgIpc) is 1.63. The van der Waals surface area contributed by atoms with Crippen molar-refractivity contribution >= 4 is 113 Å². The van der Waals surface area contributed by atoms with Crippen LogP contribution in [-0.2, 0) is 59.8 Å². The second-order valence-corrected chi connectivity index (χ2v) is 38.2. The van der Waals surface area contributed by atoms with Crippen LogP contribution in [0.15, 0.2) is 134 Å². The van der Waals surface area contributed by atoms with Gasteiger partial charge in [0.25, 0.3) is 11.8 Å². The van der Waals surface area contributed by atoms with Gasteiger partial charge in [-0.3, -0.25) is 29.2 Å². The van der Waals surface area contributed by atoms with E-state index >= 15 is 0 Å². The van der Waals surface area contributed by atoms with Crippen LogP contribution in [0, 0.1) is 34.0 Å². The van der Waals surface area contributed by atoms with Gasteiger partial charge < -0.3 is 63.3 Å². The summed E-state index contributed by atoms with van der Waals surface area (Å²) >= 11 is 21.6. The van der Waals surface area contributed by atoms with Crippen molar-refractivity contribution in [2.75, 3.05) is 161 Å². The number of halogens is 6. The van der Waals surface area contributed by atoms with Crippen LogP contribution in [0.5, 0.6) is 18.0 Å². The highest BCUT2D eigenvalue weighted by Crippen LogP contribution is 2.52. The molecule has 28 nitrogen and oxygen atoms in total. The molecule has 0 saturated carbocycles. The number of carbonyl (C=O) groups excluding carboxylic acids is 2. The van der Waals surface area contributed by atoms with Crippen molar-refractivity contribution in [1.82, 2.24) is 59.3 Å². The van der Waals surface area contributed by atoms with Gasteiger partial charge in [-0.25, -0.2) is 13.2 Å². The predicted octanol–water partition coefficient (Wildman–Crippen LogP) is 14.1. The molecule has 9 aromatic rings. The third-order valence-electron chi connectivity index (χ3n) is 28.8. The Hall–Kier alpha value is -11.4. The number of aliphatic hydroxyl groups is 1. The normalized spacial score (nSPS) is 22.7. The van der Waals surface area contributed by atoms with E-state index in [0.717, 1.165) is 139 Å². The van der Waals surface area contributed by atoms with Crippen LogP contribution in [0.3, 0.4) is 0 Å². The monoisotopic (exact) mass is 1860 g/mol. The van der Waals surface area contributed by atoms with E-state index in [1.165, 1.54) is 9.80 Å². The van der Waals surface area contributed by atoms with Gasteiger partial charge in [0.2, 0.25) is 0 Å². The molecule has 692 valence electrons. The highest BCUT2D eigenvalue weighted by molar-refractivity contribution is 6.38. The fourth-order valence-corrected chi connectivity index (χ4v) is 23.1. The maximum atomic E-state index is 14.8. The lowest BCUT2D eigenvalue weighted by Gasteiger charge is -2.43. The lowest BCUT2D eigenvalue weighted by Crippen LogP contribution is -2.57. The number of fused-ring (bicyclic) bond motifs is 7. The molecule has 6 aromatic carbocycles. The second-order valence-electron chi connectivity index (χ2n) is 37.0. The number of aromatic nitrogens is 6. The highest BCUT2D eigenvalue weighted by atomic mass is 35.5. The second kappa shape index (κ2) is 38.5. The summed E-state index contributed by atoms with van der Waals surface area (Å²) in [4.78, 5) is 82.9. The fraction of sp³-hybridized carbons (Fsp3) is 0.465. The first-order valence-corrected chi connectivity index (χ1v) is 47.4. The number of likely N-dealkylation sites (tertiary alicyclic amines) is 1. The molecule has 0 bridgehead atoms. The summed E-state index contributed by atoms with van der Waals surface area (Å²) in [5.74, 6) is -2.71. The van der Waals surface area contributed by atoms with Crippen molar-refractivity contribution in [3.63, 3.8) is 0 Å². The van der Waals surface area contributed by atoms with Crippen LogP contribution in [0.2, 0.25) is 15.1 Å². The molecular weight excluding hydrogens is 1760 g/mol. The fourth-order valence-electron chi connectivity index (χ4n) is 22.2. The summed E-state index contributed by atoms with van der Waals surface area (Å²) in [7, 11) is 0. The Morgan fingerprint density at radius 3 is 1.56 bits per heavy atom. The molecule has 1 N–H and O–H groups in total. The predicted molar refractivity (Wildman–Crippen MR) is 505 cm³/mol. The third kappa shape index (κ3) is 18.2.